The summed E-state index contributed by atoms with van der Waals surface area (Å²) in [4.78, 5) is 41.5. The van der Waals surface area contributed by atoms with Gasteiger partial charge in [-0.05, 0) is 137 Å². The number of benzene rings is 7. The van der Waals surface area contributed by atoms with Crippen LogP contribution in [0.1, 0.15) is 64.6 Å². The van der Waals surface area contributed by atoms with E-state index in [-0.39, 0.29) is 132 Å². The van der Waals surface area contributed by atoms with Gasteiger partial charge in [0, 0.05) is 95.6 Å². The Morgan fingerprint density at radius 1 is 0.438 bits per heavy atom. The lowest BCUT2D eigenvalue weighted by atomic mass is 10.2. The minimum atomic E-state index is -3.92. The van der Waals surface area contributed by atoms with Gasteiger partial charge in [-0.1, -0.05) is 90.5 Å². The first-order chi connectivity index (χ1) is 59.7. The molecule has 0 atom stereocenters. The second kappa shape index (κ2) is 53.0. The number of sulfonamides is 2. The Kier molecular flexibility index (Phi) is 45.6. The second-order valence-electron chi connectivity index (χ2n) is 25.8. The standard InChI is InChI=1S/C22H22FN5O4S2.C15H13ClFN3O2S.C11H11NO4S.C11H13NO2S.C7H6ClNO4S.C7H10N2O2S.C4HCl2FN2.C3H7N/c1-3-4-11-33(29,30)14-16-6-9-17(10-7-16)26-21-19(23)13-25-22(28-21)27-18-8-5-15(2)20(12-18)34(24,31)32;1-2-3-8-23(21,22)10-11-4-6-12(7-5-11)19-14-13(17)9-18-15(16)20-14;1-2-3-8-17(15,16)9-10-4-6-11(7-5-10)12(13)14;1-2-3-8-15(13,14)9-10-4-6-11(12)7-5-10;8-14(12,13)5-6-1-3-7(4-2-6)9(10)11;1-5-2-3-6(8)4-7(5)12(9,10)11;5-3-2(7)1-8-4(6)9-3;1-2-3-4/h1,5-10,12-13H,4,11,14H2,2H3,(H2,24,31,32)(H2,25,26,27,28);1,4-7,9H,3,8,10H2,(H,18,19,20);1,4-7H,3,8-9H2;1,4-7H,3,8-9,12H2;1-4H,5H2;2-4H,8H2,1H3,(H2,9,10,11);1H;2H,1,3-4H2. The number of non-ortho nitro benzene ring substituents is 2. The van der Waals surface area contributed by atoms with Crippen LogP contribution in [0.15, 0.2) is 199 Å². The van der Waals surface area contributed by atoms with Crippen molar-refractivity contribution in [1.29, 1.82) is 0 Å². The van der Waals surface area contributed by atoms with Gasteiger partial charge in [-0.15, -0.1) is 56.0 Å². The summed E-state index contributed by atoms with van der Waals surface area (Å²) < 4.78 is 200. The number of nitrogens with one attached hydrogen (secondary N) is 3. The Bertz CT molecular complexity index is 6520. The Morgan fingerprint density at radius 2 is 0.742 bits per heavy atom. The molecule has 682 valence electrons. The lowest BCUT2D eigenvalue weighted by molar-refractivity contribution is -0.385. The highest BCUT2D eigenvalue weighted by Gasteiger charge is 2.20. The third kappa shape index (κ3) is 44.5. The van der Waals surface area contributed by atoms with Gasteiger partial charge in [0.2, 0.25) is 45.6 Å². The normalized spacial score (nSPS) is 10.9. The van der Waals surface area contributed by atoms with Crippen LogP contribution in [0.3, 0.4) is 0 Å². The largest absolute Gasteiger partial charge is 0.399 e. The molecule has 0 saturated carbocycles. The molecular formula is C80H83Cl4F3N16O18S7. The topological polar surface area (TPSA) is 569 Å². The monoisotopic (exact) mass is 1980 g/mol. The molecule has 0 aliphatic rings. The summed E-state index contributed by atoms with van der Waals surface area (Å²) in [6, 6.07) is 39.5. The van der Waals surface area contributed by atoms with Crippen LogP contribution >= 0.6 is 45.5 Å². The van der Waals surface area contributed by atoms with Crippen molar-refractivity contribution in [3.63, 3.8) is 0 Å². The van der Waals surface area contributed by atoms with Gasteiger partial charge in [0.1, 0.15) is 0 Å². The average molecular weight is 1980 g/mol. The maximum atomic E-state index is 14.3. The van der Waals surface area contributed by atoms with Crippen molar-refractivity contribution in [1.82, 2.24) is 29.9 Å². The summed E-state index contributed by atoms with van der Waals surface area (Å²) in [6.07, 6.45) is 25.5. The van der Waals surface area contributed by atoms with Crippen LogP contribution in [0.2, 0.25) is 15.7 Å². The molecule has 0 amide bonds. The van der Waals surface area contributed by atoms with E-state index in [0.29, 0.717) is 68.4 Å². The van der Waals surface area contributed by atoms with Gasteiger partial charge in [0.15, 0.2) is 73.6 Å². The molecule has 48 heteroatoms. The van der Waals surface area contributed by atoms with Gasteiger partial charge in [0.25, 0.3) is 11.4 Å². The zero-order chi connectivity index (χ0) is 96.4. The molecule has 0 radical (unpaired) electrons. The summed E-state index contributed by atoms with van der Waals surface area (Å²) in [7, 11) is -19.1. The lowest BCUT2D eigenvalue weighted by Crippen LogP contribution is -2.14. The van der Waals surface area contributed by atoms with Crippen LogP contribution in [0.25, 0.3) is 0 Å². The van der Waals surface area contributed by atoms with Crippen LogP contribution in [-0.2, 0) is 97.2 Å². The smallest absolute Gasteiger partial charge is 0.269 e. The van der Waals surface area contributed by atoms with E-state index in [0.717, 1.165) is 24.2 Å². The maximum Gasteiger partial charge on any atom is 0.269 e. The maximum absolute atomic E-state index is 14.3. The van der Waals surface area contributed by atoms with Crippen molar-refractivity contribution < 1.29 is 81.9 Å². The number of primary sulfonamides is 2. The molecule has 7 aromatic carbocycles. The average Bonchev–Trinajstić information content (AvgIpc) is 0.859. The highest BCUT2D eigenvalue weighted by Crippen LogP contribution is 2.27. The summed E-state index contributed by atoms with van der Waals surface area (Å²) in [5, 5.41) is 38.8. The number of nitrogens with zero attached hydrogens (tertiary/aromatic N) is 8. The molecule has 0 spiro atoms. The van der Waals surface area contributed by atoms with E-state index in [9.17, 15) is 92.3 Å². The molecule has 3 heterocycles. The van der Waals surface area contributed by atoms with E-state index >= 15 is 0 Å². The molecule has 3 aromatic heterocycles. The van der Waals surface area contributed by atoms with Crippen molar-refractivity contribution in [2.75, 3.05) is 57.0 Å². The number of aryl methyl sites for hydroxylation is 2. The quantitative estimate of drug-likeness (QED) is 0.00315. The lowest BCUT2D eigenvalue weighted by Gasteiger charge is -2.11. The first-order valence-corrected chi connectivity index (χ1v) is 49.9. The number of nitrogens with two attached hydrogens (primary N) is 5. The van der Waals surface area contributed by atoms with Gasteiger partial charge >= 0.3 is 0 Å². The fourth-order valence-corrected chi connectivity index (χ4v) is 17.5. The Hall–Kier alpha value is -12.0. The molecule has 0 fully saturated rings. The number of terminal acetylenes is 4. The number of sulfone groups is 4. The minimum absolute atomic E-state index is 0.0179. The van der Waals surface area contributed by atoms with Gasteiger partial charge in [0.05, 0.1) is 90.0 Å². The zero-order valence-electron chi connectivity index (χ0n) is 67.6. The number of halogens is 7. The molecule has 0 saturated heterocycles. The second-order valence-corrected chi connectivity index (χ2v) is 41.5. The zero-order valence-corrected chi connectivity index (χ0v) is 76.3. The molecule has 0 aliphatic heterocycles. The molecule has 10 rings (SSSR count). The fourth-order valence-electron chi connectivity index (χ4n) is 9.36. The first kappa shape index (κ1) is 110. The number of rotatable bonds is 29. The number of nitrogen functional groups attached to an aromatic ring is 2. The number of nitro benzene ring substituents is 2. The van der Waals surface area contributed by atoms with E-state index in [4.69, 9.17) is 98.7 Å². The number of hydrogen-bond acceptors (Lipinski definition) is 30. The van der Waals surface area contributed by atoms with Crippen LogP contribution in [0, 0.1) is 101 Å². The van der Waals surface area contributed by atoms with E-state index in [1.807, 2.05) is 0 Å². The first-order valence-electron chi connectivity index (χ1n) is 35.9. The summed E-state index contributed by atoms with van der Waals surface area (Å²) >= 11 is 16.1. The van der Waals surface area contributed by atoms with Crippen LogP contribution in [0.5, 0.6) is 0 Å². The van der Waals surface area contributed by atoms with Gasteiger partial charge in [-0.25, -0.2) is 102 Å². The van der Waals surface area contributed by atoms with Crippen molar-refractivity contribution in [3.05, 3.63) is 281 Å². The van der Waals surface area contributed by atoms with E-state index in [1.165, 1.54) is 60.7 Å². The molecule has 13 N–H and O–H groups in total. The van der Waals surface area contributed by atoms with E-state index in [1.54, 1.807) is 117 Å². The van der Waals surface area contributed by atoms with Crippen molar-refractivity contribution in [2.24, 2.45) is 16.0 Å². The molecule has 128 heavy (non-hydrogen) atoms. The van der Waals surface area contributed by atoms with Crippen LogP contribution < -0.4 is 43.4 Å². The van der Waals surface area contributed by atoms with Gasteiger partial charge in [-0.2, -0.15) is 9.97 Å². The minimum Gasteiger partial charge on any atom is -0.399 e. The molecule has 34 nitrogen and oxygen atoms in total. The van der Waals surface area contributed by atoms with Crippen molar-refractivity contribution >= 4 is 171 Å². The van der Waals surface area contributed by atoms with Crippen molar-refractivity contribution in [2.45, 2.75) is 78.1 Å². The van der Waals surface area contributed by atoms with Gasteiger partial charge < -0.3 is 33.2 Å². The third-order valence-electron chi connectivity index (χ3n) is 15.4. The third-order valence-corrected chi connectivity index (χ3v) is 25.5. The number of hydrogen-bond donors (Lipinski definition) is 8. The Balaban J connectivity index is 0.000000398. The van der Waals surface area contributed by atoms with Crippen LogP contribution in [-0.4, -0.2) is 128 Å². The predicted octanol–water partition coefficient (Wildman–Crippen LogP) is 12.6. The van der Waals surface area contributed by atoms with E-state index < -0.39 is 95.7 Å². The molecule has 0 unspecified atom stereocenters. The SMILES string of the molecule is C#CCCS(=O)(=O)Cc1ccc(N)cc1.C#CCCS(=O)(=O)Cc1ccc(Nc2nc(Cl)ncc2F)cc1.C#CCCS(=O)(=O)Cc1ccc(Nc2nc(Nc3ccc(C)c(S(N)(=O)=O)c3)ncc2F)cc1.C#CCCS(=O)(=O)Cc1ccc([N+](=O)[O-])cc1.C=CCN.Cc1ccc(N)cc1S(N)(=O)=O.Fc1cnc(Cl)nc1Cl.O=[N+]([O-])c1ccc(CS(=O)(=O)Cl)cc1. The highest BCUT2D eigenvalue weighted by molar-refractivity contribution is 8.13. The van der Waals surface area contributed by atoms with Crippen LogP contribution in [0.4, 0.5) is 70.6 Å². The summed E-state index contributed by atoms with van der Waals surface area (Å²) in [5.74, 6) is 6.13. The number of aromatic nitrogens is 6. The predicted molar refractivity (Wildman–Crippen MR) is 492 cm³/mol. The summed E-state index contributed by atoms with van der Waals surface area (Å²) in [6.45, 7) is 7.21. The van der Waals surface area contributed by atoms with E-state index in [2.05, 4.69) is 76.1 Å². The fraction of sp³-hybridized carbons (Fsp3) is 0.200. The summed E-state index contributed by atoms with van der Waals surface area (Å²) in [5.41, 5.74) is 22.0. The number of nitro groups is 2. The Labute approximate surface area is 759 Å². The molecule has 10 aromatic rings. The highest BCUT2D eigenvalue weighted by atomic mass is 35.7. The Morgan fingerprint density at radius 3 is 1.07 bits per heavy atom. The number of anilines is 8. The van der Waals surface area contributed by atoms with Crippen molar-refractivity contribution in [3.8, 4) is 49.4 Å². The molecular weight excluding hydrogens is 1900 g/mol. The molecule has 0 bridgehead atoms. The molecule has 0 aliphatic carbocycles. The van der Waals surface area contributed by atoms with Gasteiger partial charge in [-0.3, -0.25) is 20.2 Å².